The second-order valence-electron chi connectivity index (χ2n) is 9.28. The Labute approximate surface area is 185 Å². The van der Waals surface area contributed by atoms with Gasteiger partial charge in [-0.2, -0.15) is 0 Å². The molecule has 1 aliphatic carbocycles. The Bertz CT molecular complexity index is 638. The molecule has 2 N–H and O–H groups in total. The van der Waals surface area contributed by atoms with Crippen LogP contribution in [0.1, 0.15) is 116 Å². The standard InChI is InChI=1S/C28H44O2/c1-3-5-7-9-11-13-21-28(22-14-12-10-8-6-4-2)23-25(17-20-27(28)30)24-15-18-26(29)19-16-24/h15-20,29-30H,3-14,21-23H2,1-2H3. The van der Waals surface area contributed by atoms with Gasteiger partial charge in [-0.25, -0.2) is 0 Å². The van der Waals surface area contributed by atoms with E-state index in [4.69, 9.17) is 0 Å². The van der Waals surface area contributed by atoms with Crippen LogP contribution in [0.2, 0.25) is 0 Å². The van der Waals surface area contributed by atoms with Crippen molar-refractivity contribution in [2.45, 2.75) is 110 Å². The fourth-order valence-corrected chi connectivity index (χ4v) is 4.79. The van der Waals surface area contributed by atoms with Gasteiger partial charge in [-0.3, -0.25) is 0 Å². The first kappa shape index (κ1) is 24.6. The summed E-state index contributed by atoms with van der Waals surface area (Å²) in [5.41, 5.74) is 2.33. The fourth-order valence-electron chi connectivity index (χ4n) is 4.79. The van der Waals surface area contributed by atoms with Crippen molar-refractivity contribution in [3.05, 3.63) is 47.7 Å². The number of phenols is 1. The van der Waals surface area contributed by atoms with Crippen molar-refractivity contribution in [1.29, 1.82) is 0 Å². The minimum absolute atomic E-state index is 0.114. The summed E-state index contributed by atoms with van der Waals surface area (Å²) in [5, 5.41) is 20.6. The smallest absolute Gasteiger partial charge is 0.115 e. The summed E-state index contributed by atoms with van der Waals surface area (Å²) in [6.07, 6.45) is 22.5. The quantitative estimate of drug-likeness (QED) is 0.282. The van der Waals surface area contributed by atoms with E-state index in [9.17, 15) is 10.2 Å². The van der Waals surface area contributed by atoms with Crippen LogP contribution < -0.4 is 0 Å². The van der Waals surface area contributed by atoms with Gasteiger partial charge in [0.05, 0.1) is 5.76 Å². The number of aliphatic hydroxyl groups excluding tert-OH is 1. The molecule has 2 rings (SSSR count). The third kappa shape index (κ3) is 7.85. The number of phenolic OH excluding ortho intramolecular Hbond substituents is 1. The maximum absolute atomic E-state index is 11.0. The highest BCUT2D eigenvalue weighted by atomic mass is 16.3. The first-order chi connectivity index (χ1) is 14.6. The third-order valence-electron chi connectivity index (χ3n) is 6.77. The van der Waals surface area contributed by atoms with Crippen molar-refractivity contribution in [2.24, 2.45) is 5.41 Å². The van der Waals surface area contributed by atoms with E-state index >= 15 is 0 Å². The minimum atomic E-state index is -0.114. The van der Waals surface area contributed by atoms with Gasteiger partial charge in [0, 0.05) is 5.41 Å². The van der Waals surface area contributed by atoms with Gasteiger partial charge in [0.2, 0.25) is 0 Å². The Morgan fingerprint density at radius 1 is 0.667 bits per heavy atom. The SMILES string of the molecule is CCCCCCCCC1(CCCCCCCC)CC(c2ccc(O)cc2)=CC=C1O. The van der Waals surface area contributed by atoms with Crippen LogP contribution in [0.4, 0.5) is 0 Å². The lowest BCUT2D eigenvalue weighted by Crippen LogP contribution is -2.26. The first-order valence-electron chi connectivity index (χ1n) is 12.5. The van der Waals surface area contributed by atoms with E-state index in [0.717, 1.165) is 24.8 Å². The van der Waals surface area contributed by atoms with Crippen molar-refractivity contribution >= 4 is 5.57 Å². The highest BCUT2D eigenvalue weighted by Gasteiger charge is 2.36. The van der Waals surface area contributed by atoms with Crippen LogP contribution in [0.15, 0.2) is 42.2 Å². The molecule has 0 radical (unpaired) electrons. The normalized spacial score (nSPS) is 15.7. The van der Waals surface area contributed by atoms with Gasteiger partial charge in [0.25, 0.3) is 0 Å². The molecule has 0 aliphatic heterocycles. The molecule has 0 spiro atoms. The van der Waals surface area contributed by atoms with Crippen LogP contribution in [0.5, 0.6) is 5.75 Å². The fraction of sp³-hybridized carbons (Fsp3) is 0.643. The minimum Gasteiger partial charge on any atom is -0.512 e. The van der Waals surface area contributed by atoms with Gasteiger partial charge >= 0.3 is 0 Å². The van der Waals surface area contributed by atoms with Crippen LogP contribution in [0, 0.1) is 5.41 Å². The molecule has 2 nitrogen and oxygen atoms in total. The summed E-state index contributed by atoms with van der Waals surface area (Å²) in [7, 11) is 0. The summed E-state index contributed by atoms with van der Waals surface area (Å²) in [6.45, 7) is 4.52. The summed E-state index contributed by atoms with van der Waals surface area (Å²) >= 11 is 0. The average Bonchev–Trinajstić information content (AvgIpc) is 2.75. The Hall–Kier alpha value is -1.70. The number of aromatic hydroxyl groups is 1. The van der Waals surface area contributed by atoms with E-state index in [1.54, 1.807) is 12.1 Å². The number of allylic oxidation sites excluding steroid dienone is 4. The molecule has 1 aromatic rings. The number of aliphatic hydroxyl groups is 1. The lowest BCUT2D eigenvalue weighted by atomic mass is 9.69. The van der Waals surface area contributed by atoms with E-state index in [2.05, 4.69) is 19.9 Å². The predicted molar refractivity (Wildman–Crippen MR) is 130 cm³/mol. The number of rotatable bonds is 15. The number of unbranched alkanes of at least 4 members (excludes halogenated alkanes) is 10. The van der Waals surface area contributed by atoms with Crippen molar-refractivity contribution in [3.8, 4) is 5.75 Å². The van der Waals surface area contributed by atoms with Crippen molar-refractivity contribution in [2.75, 3.05) is 0 Å². The summed E-state index contributed by atoms with van der Waals surface area (Å²) < 4.78 is 0. The highest BCUT2D eigenvalue weighted by Crippen LogP contribution is 2.47. The number of hydrogen-bond acceptors (Lipinski definition) is 2. The predicted octanol–water partition coefficient (Wildman–Crippen LogP) is 9.11. The summed E-state index contributed by atoms with van der Waals surface area (Å²) in [6, 6.07) is 7.52. The van der Waals surface area contributed by atoms with Crippen LogP contribution in [0.25, 0.3) is 5.57 Å². The third-order valence-corrected chi connectivity index (χ3v) is 6.77. The molecule has 0 atom stereocenters. The summed E-state index contributed by atoms with van der Waals surface area (Å²) in [4.78, 5) is 0. The maximum Gasteiger partial charge on any atom is 0.115 e. The van der Waals surface area contributed by atoms with Gasteiger partial charge in [0.15, 0.2) is 0 Å². The van der Waals surface area contributed by atoms with Crippen LogP contribution in [0.3, 0.4) is 0 Å². The first-order valence-corrected chi connectivity index (χ1v) is 12.5. The molecule has 0 bridgehead atoms. The number of hydrogen-bond donors (Lipinski definition) is 2. The Balaban J connectivity index is 2.02. The van der Waals surface area contributed by atoms with Gasteiger partial charge < -0.3 is 10.2 Å². The summed E-state index contributed by atoms with van der Waals surface area (Å²) in [5.74, 6) is 0.895. The van der Waals surface area contributed by atoms with E-state index in [-0.39, 0.29) is 5.41 Å². The Kier molecular flexibility index (Phi) is 11.1. The molecule has 2 heteroatoms. The van der Waals surface area contributed by atoms with E-state index in [1.165, 1.54) is 82.6 Å². The zero-order valence-corrected chi connectivity index (χ0v) is 19.5. The molecule has 0 saturated carbocycles. The van der Waals surface area contributed by atoms with E-state index < -0.39 is 0 Å². The van der Waals surface area contributed by atoms with Crippen LogP contribution in [-0.4, -0.2) is 10.2 Å². The second kappa shape index (κ2) is 13.6. The molecule has 0 aromatic heterocycles. The van der Waals surface area contributed by atoms with Crippen LogP contribution in [-0.2, 0) is 0 Å². The zero-order valence-electron chi connectivity index (χ0n) is 19.5. The van der Waals surface area contributed by atoms with Gasteiger partial charge in [-0.15, -0.1) is 0 Å². The molecule has 0 heterocycles. The lowest BCUT2D eigenvalue weighted by Gasteiger charge is -2.37. The van der Waals surface area contributed by atoms with Gasteiger partial charge in [-0.1, -0.05) is 109 Å². The Morgan fingerprint density at radius 2 is 1.17 bits per heavy atom. The maximum atomic E-state index is 11.0. The molecule has 30 heavy (non-hydrogen) atoms. The van der Waals surface area contributed by atoms with Crippen molar-refractivity contribution < 1.29 is 10.2 Å². The van der Waals surface area contributed by atoms with E-state index in [1.807, 2.05) is 18.2 Å². The van der Waals surface area contributed by atoms with Crippen molar-refractivity contribution in [3.63, 3.8) is 0 Å². The molecule has 0 unspecified atom stereocenters. The average molecular weight is 413 g/mol. The lowest BCUT2D eigenvalue weighted by molar-refractivity contribution is 0.180. The molecular weight excluding hydrogens is 368 g/mol. The van der Waals surface area contributed by atoms with Gasteiger partial charge in [0.1, 0.15) is 5.75 Å². The van der Waals surface area contributed by atoms with Crippen LogP contribution >= 0.6 is 0 Å². The number of benzene rings is 1. The van der Waals surface area contributed by atoms with Gasteiger partial charge in [-0.05, 0) is 48.6 Å². The molecular formula is C28H44O2. The highest BCUT2D eigenvalue weighted by molar-refractivity contribution is 5.70. The molecule has 168 valence electrons. The molecule has 0 amide bonds. The molecule has 0 saturated heterocycles. The molecule has 1 aliphatic rings. The monoisotopic (exact) mass is 412 g/mol. The topological polar surface area (TPSA) is 40.5 Å². The molecule has 1 aromatic carbocycles. The Morgan fingerprint density at radius 3 is 1.70 bits per heavy atom. The van der Waals surface area contributed by atoms with E-state index in [0.29, 0.717) is 11.5 Å². The van der Waals surface area contributed by atoms with Crippen molar-refractivity contribution in [1.82, 2.24) is 0 Å². The largest absolute Gasteiger partial charge is 0.512 e. The molecule has 0 fully saturated rings. The second-order valence-corrected chi connectivity index (χ2v) is 9.28. The zero-order chi connectivity index (χ0) is 21.7.